The van der Waals surface area contributed by atoms with E-state index >= 15 is 0 Å². The van der Waals surface area contributed by atoms with E-state index in [2.05, 4.69) is 13.8 Å². The largest absolute Gasteiger partial charge is 0.385 e. The molecule has 0 saturated carbocycles. The van der Waals surface area contributed by atoms with Crippen molar-refractivity contribution in [2.45, 2.75) is 26.7 Å². The molecule has 0 aromatic rings. The molecule has 10 heavy (non-hydrogen) atoms. The highest BCUT2D eigenvalue weighted by Crippen LogP contribution is 2.05. The molecule has 0 bridgehead atoms. The average molecular weight is 158 g/mol. The minimum absolute atomic E-state index is 0.902. The summed E-state index contributed by atoms with van der Waals surface area (Å²) in [5, 5.41) is 1.64. The van der Waals surface area contributed by atoms with Crippen molar-refractivity contribution in [1.82, 2.24) is 0 Å². The van der Waals surface area contributed by atoms with Crippen LogP contribution in [0.4, 0.5) is 0 Å². The van der Waals surface area contributed by atoms with Gasteiger partial charge >= 0.3 is 0 Å². The van der Waals surface area contributed by atoms with Crippen LogP contribution in [0.2, 0.25) is 0 Å². The minimum atomic E-state index is 0.902. The van der Waals surface area contributed by atoms with Gasteiger partial charge in [0.05, 0.1) is 0 Å². The lowest BCUT2D eigenvalue weighted by Crippen LogP contribution is -1.92. The van der Waals surface area contributed by atoms with E-state index in [4.69, 9.17) is 4.74 Å². The maximum atomic E-state index is 4.96. The number of allylic oxidation sites excluding steroid dienone is 2. The quantitative estimate of drug-likeness (QED) is 0.439. The molecule has 0 unspecified atom stereocenters. The Kier molecular flexibility index (Phi) is 5.64. The van der Waals surface area contributed by atoms with Crippen molar-refractivity contribution in [3.05, 3.63) is 10.8 Å². The Morgan fingerprint density at radius 2 is 2.00 bits per heavy atom. The molecule has 0 fully saturated rings. The monoisotopic (exact) mass is 158 g/mol. The molecular formula is C8H18OSi. The standard InChI is InChI=1S/C8H18OSi/c1-7(2)8(10)5-4-6-9-3/h4-6H2,1-3,10H3. The first kappa shape index (κ1) is 9.92. The van der Waals surface area contributed by atoms with E-state index in [0.29, 0.717) is 0 Å². The lowest BCUT2D eigenvalue weighted by Gasteiger charge is -2.02. The van der Waals surface area contributed by atoms with Gasteiger partial charge in [-0.3, -0.25) is 0 Å². The Morgan fingerprint density at radius 1 is 1.40 bits per heavy atom. The van der Waals surface area contributed by atoms with Crippen LogP contribution in [0.25, 0.3) is 0 Å². The molecule has 1 nitrogen and oxygen atoms in total. The van der Waals surface area contributed by atoms with Crippen molar-refractivity contribution in [3.8, 4) is 0 Å². The molecule has 0 radical (unpaired) electrons. The van der Waals surface area contributed by atoms with E-state index in [1.54, 1.807) is 12.3 Å². The predicted molar refractivity (Wildman–Crippen MR) is 49.4 cm³/mol. The molecule has 0 saturated heterocycles. The van der Waals surface area contributed by atoms with E-state index in [0.717, 1.165) is 6.61 Å². The Balaban J connectivity index is 3.40. The summed E-state index contributed by atoms with van der Waals surface area (Å²) >= 11 is 0. The molecule has 0 aromatic carbocycles. The number of methoxy groups -OCH3 is 1. The number of ether oxygens (including phenoxy) is 1. The van der Waals surface area contributed by atoms with Crippen molar-refractivity contribution in [3.63, 3.8) is 0 Å². The van der Waals surface area contributed by atoms with Crippen LogP contribution in [-0.4, -0.2) is 24.0 Å². The van der Waals surface area contributed by atoms with Crippen LogP contribution in [0.1, 0.15) is 26.7 Å². The molecule has 0 spiro atoms. The summed E-state index contributed by atoms with van der Waals surface area (Å²) in [6.07, 6.45) is 2.42. The molecule has 0 aliphatic heterocycles. The highest BCUT2D eigenvalue weighted by molar-refractivity contribution is 6.21. The second-order valence-corrected chi connectivity index (χ2v) is 4.08. The Labute approximate surface area is 66.9 Å². The van der Waals surface area contributed by atoms with Crippen molar-refractivity contribution in [2.24, 2.45) is 0 Å². The van der Waals surface area contributed by atoms with Crippen molar-refractivity contribution in [1.29, 1.82) is 0 Å². The number of rotatable bonds is 4. The summed E-state index contributed by atoms with van der Waals surface area (Å²) in [6, 6.07) is 0. The second kappa shape index (κ2) is 5.68. The zero-order valence-corrected chi connectivity index (χ0v) is 9.53. The predicted octanol–water partition coefficient (Wildman–Crippen LogP) is 1.07. The normalized spacial score (nSPS) is 9.90. The van der Waals surface area contributed by atoms with Gasteiger partial charge in [0.1, 0.15) is 0 Å². The molecular weight excluding hydrogens is 140 g/mol. The Morgan fingerprint density at radius 3 is 2.40 bits per heavy atom. The fourth-order valence-electron chi connectivity index (χ4n) is 0.732. The third-order valence-electron chi connectivity index (χ3n) is 1.75. The first-order valence-electron chi connectivity index (χ1n) is 3.80. The third kappa shape index (κ3) is 4.76. The van der Waals surface area contributed by atoms with E-state index in [-0.39, 0.29) is 0 Å². The Hall–Kier alpha value is -0.0831. The number of hydrogen-bond acceptors (Lipinski definition) is 1. The van der Waals surface area contributed by atoms with Crippen LogP contribution in [-0.2, 0) is 4.74 Å². The molecule has 0 aliphatic carbocycles. The van der Waals surface area contributed by atoms with Gasteiger partial charge in [-0.2, -0.15) is 0 Å². The molecule has 2 heteroatoms. The smallest absolute Gasteiger partial charge is 0.0465 e. The van der Waals surface area contributed by atoms with E-state index in [9.17, 15) is 0 Å². The molecule has 0 amide bonds. The van der Waals surface area contributed by atoms with Gasteiger partial charge in [0, 0.05) is 24.0 Å². The van der Waals surface area contributed by atoms with Crippen LogP contribution < -0.4 is 0 Å². The second-order valence-electron chi connectivity index (χ2n) is 2.88. The van der Waals surface area contributed by atoms with Crippen molar-refractivity contribution >= 4 is 10.2 Å². The maximum absolute atomic E-state index is 4.96. The fourth-order valence-corrected chi connectivity index (χ4v) is 1.09. The highest BCUT2D eigenvalue weighted by atomic mass is 28.1. The zero-order chi connectivity index (χ0) is 7.98. The summed E-state index contributed by atoms with van der Waals surface area (Å²) in [4.78, 5) is 0. The lowest BCUT2D eigenvalue weighted by molar-refractivity contribution is 0.195. The van der Waals surface area contributed by atoms with Crippen molar-refractivity contribution in [2.75, 3.05) is 13.7 Å². The summed E-state index contributed by atoms with van der Waals surface area (Å²) in [5.74, 6) is 0. The van der Waals surface area contributed by atoms with Gasteiger partial charge in [-0.25, -0.2) is 0 Å². The molecule has 0 N–H and O–H groups in total. The van der Waals surface area contributed by atoms with Crippen LogP contribution in [0.3, 0.4) is 0 Å². The van der Waals surface area contributed by atoms with E-state index in [1.807, 2.05) is 0 Å². The lowest BCUT2D eigenvalue weighted by atomic mass is 10.2. The molecule has 60 valence electrons. The van der Waals surface area contributed by atoms with Crippen LogP contribution in [0.5, 0.6) is 0 Å². The summed E-state index contributed by atoms with van der Waals surface area (Å²) in [5.41, 5.74) is 1.50. The fraction of sp³-hybridized carbons (Fsp3) is 0.750. The first-order chi connectivity index (χ1) is 4.68. The molecule has 0 atom stereocenters. The van der Waals surface area contributed by atoms with Gasteiger partial charge in [0.25, 0.3) is 0 Å². The van der Waals surface area contributed by atoms with Gasteiger partial charge in [0.2, 0.25) is 0 Å². The summed E-state index contributed by atoms with van der Waals surface area (Å²) in [6.45, 7) is 5.28. The van der Waals surface area contributed by atoms with Gasteiger partial charge in [-0.05, 0) is 26.7 Å². The molecule has 0 aliphatic rings. The van der Waals surface area contributed by atoms with E-state index in [1.165, 1.54) is 28.7 Å². The SMILES string of the molecule is COCCCC([SiH3])=C(C)C. The topological polar surface area (TPSA) is 9.23 Å². The molecule has 0 heterocycles. The first-order valence-corrected chi connectivity index (χ1v) is 4.80. The van der Waals surface area contributed by atoms with Crippen LogP contribution in [0, 0.1) is 0 Å². The molecule has 0 aromatic heterocycles. The summed E-state index contributed by atoms with van der Waals surface area (Å²) < 4.78 is 4.96. The highest BCUT2D eigenvalue weighted by Gasteiger charge is 1.91. The van der Waals surface area contributed by atoms with Crippen LogP contribution >= 0.6 is 0 Å². The maximum Gasteiger partial charge on any atom is 0.0465 e. The van der Waals surface area contributed by atoms with Crippen molar-refractivity contribution < 1.29 is 4.74 Å². The number of hydrogen-bond donors (Lipinski definition) is 0. The van der Waals surface area contributed by atoms with Gasteiger partial charge in [-0.15, -0.1) is 0 Å². The van der Waals surface area contributed by atoms with Gasteiger partial charge in [0.15, 0.2) is 0 Å². The summed E-state index contributed by atoms with van der Waals surface area (Å²) in [7, 11) is 2.97. The van der Waals surface area contributed by atoms with Gasteiger partial charge in [-0.1, -0.05) is 10.8 Å². The van der Waals surface area contributed by atoms with Gasteiger partial charge < -0.3 is 4.74 Å². The third-order valence-corrected chi connectivity index (χ3v) is 3.25. The average Bonchev–Trinajstić information content (AvgIpc) is 1.88. The van der Waals surface area contributed by atoms with E-state index < -0.39 is 0 Å². The Bertz CT molecular complexity index is 114. The zero-order valence-electron chi connectivity index (χ0n) is 7.53. The van der Waals surface area contributed by atoms with Crippen LogP contribution in [0.15, 0.2) is 10.8 Å². The molecule has 0 rings (SSSR count). The minimum Gasteiger partial charge on any atom is -0.385 e.